The molecule has 1 amide bonds. The molecular weight excluding hydrogens is 348 g/mol. The molecule has 0 aliphatic heterocycles. The number of carbonyl (C=O) groups is 1. The van der Waals surface area contributed by atoms with E-state index in [0.717, 1.165) is 11.4 Å². The number of aromatic amines is 1. The summed E-state index contributed by atoms with van der Waals surface area (Å²) in [4.78, 5) is 12.3. The van der Waals surface area contributed by atoms with Gasteiger partial charge in [0.25, 0.3) is 0 Å². The fourth-order valence-corrected chi connectivity index (χ4v) is 2.97. The summed E-state index contributed by atoms with van der Waals surface area (Å²) < 4.78 is 4.17. The molecule has 2 aromatic heterocycles. The molecule has 3 aromatic rings. The van der Waals surface area contributed by atoms with Crippen molar-refractivity contribution >= 4 is 18.1 Å². The van der Waals surface area contributed by atoms with Crippen molar-refractivity contribution in [3.05, 3.63) is 53.1 Å². The smallest absolute Gasteiger partial charge is 0.222 e. The molecule has 8 heteroatoms. The predicted molar refractivity (Wildman–Crippen MR) is 102 cm³/mol. The lowest BCUT2D eigenvalue weighted by molar-refractivity contribution is -0.122. The molecule has 2 heterocycles. The number of nitrogens with one attached hydrogen (secondary N) is 2. The lowest BCUT2D eigenvalue weighted by Gasteiger charge is -2.14. The minimum atomic E-state index is -0.0254. The van der Waals surface area contributed by atoms with E-state index < -0.39 is 0 Å². The third kappa shape index (κ3) is 4.45. The summed E-state index contributed by atoms with van der Waals surface area (Å²) in [5, 5.41) is 14.3. The van der Waals surface area contributed by atoms with Gasteiger partial charge < -0.3 is 5.32 Å². The summed E-state index contributed by atoms with van der Waals surface area (Å²) in [6.07, 6.45) is 3.93. The second-order valence-electron chi connectivity index (χ2n) is 6.32. The molecule has 0 saturated carbocycles. The Morgan fingerprint density at radius 1 is 1.35 bits per heavy atom. The maximum atomic E-state index is 12.3. The Balaban J connectivity index is 1.61. The van der Waals surface area contributed by atoms with Crippen LogP contribution in [0.25, 0.3) is 11.4 Å². The highest BCUT2D eigenvalue weighted by molar-refractivity contribution is 7.71. The van der Waals surface area contributed by atoms with E-state index in [4.69, 9.17) is 12.2 Å². The monoisotopic (exact) mass is 370 g/mol. The number of amides is 1. The highest BCUT2D eigenvalue weighted by Crippen LogP contribution is 2.18. The minimum absolute atomic E-state index is 0.00343. The quantitative estimate of drug-likeness (QED) is 0.627. The number of hydrogen-bond acceptors (Lipinski definition) is 4. The summed E-state index contributed by atoms with van der Waals surface area (Å²) >= 11 is 5.32. The van der Waals surface area contributed by atoms with Crippen molar-refractivity contribution in [2.75, 3.05) is 0 Å². The van der Waals surface area contributed by atoms with Gasteiger partial charge in [-0.05, 0) is 32.1 Å². The zero-order valence-corrected chi connectivity index (χ0v) is 15.7. The van der Waals surface area contributed by atoms with E-state index in [1.807, 2.05) is 54.9 Å². The number of benzene rings is 1. The van der Waals surface area contributed by atoms with Crippen LogP contribution in [0.3, 0.4) is 0 Å². The number of aromatic nitrogens is 5. The standard InChI is InChI=1S/C18H22N6OS/c1-13-4-6-15(7-5-13)17-21-22-18(26)24(17)11-8-16(25)20-14(2)12-23-10-3-9-19-23/h3-7,9-10,14H,8,11-12H2,1-2H3,(H,20,25)(H,22,26). The van der Waals surface area contributed by atoms with Gasteiger partial charge in [-0.2, -0.15) is 10.2 Å². The van der Waals surface area contributed by atoms with Gasteiger partial charge in [-0.3, -0.25) is 19.1 Å². The first-order chi connectivity index (χ1) is 12.5. The molecule has 1 unspecified atom stereocenters. The zero-order chi connectivity index (χ0) is 18.5. The average Bonchev–Trinajstić information content (AvgIpc) is 3.23. The normalized spacial score (nSPS) is 12.1. The van der Waals surface area contributed by atoms with Crippen molar-refractivity contribution in [3.63, 3.8) is 0 Å². The molecule has 2 N–H and O–H groups in total. The maximum absolute atomic E-state index is 12.3. The van der Waals surface area contributed by atoms with Gasteiger partial charge in [0, 0.05) is 37.0 Å². The summed E-state index contributed by atoms with van der Waals surface area (Å²) in [6.45, 7) is 5.10. The maximum Gasteiger partial charge on any atom is 0.222 e. The van der Waals surface area contributed by atoms with Crippen molar-refractivity contribution in [2.24, 2.45) is 0 Å². The second-order valence-corrected chi connectivity index (χ2v) is 6.70. The average molecular weight is 370 g/mol. The zero-order valence-electron chi connectivity index (χ0n) is 14.8. The Morgan fingerprint density at radius 2 is 2.12 bits per heavy atom. The van der Waals surface area contributed by atoms with Gasteiger partial charge in [0.05, 0.1) is 6.54 Å². The molecule has 0 spiro atoms. The molecule has 0 fully saturated rings. The molecule has 1 aromatic carbocycles. The number of hydrogen-bond donors (Lipinski definition) is 2. The van der Waals surface area contributed by atoms with E-state index in [1.54, 1.807) is 10.9 Å². The van der Waals surface area contributed by atoms with Crippen molar-refractivity contribution in [2.45, 2.75) is 39.4 Å². The molecule has 0 aliphatic carbocycles. The Labute approximate surface area is 157 Å². The van der Waals surface area contributed by atoms with Crippen molar-refractivity contribution in [1.82, 2.24) is 29.9 Å². The molecule has 26 heavy (non-hydrogen) atoms. The third-order valence-electron chi connectivity index (χ3n) is 4.06. The van der Waals surface area contributed by atoms with Gasteiger partial charge in [-0.15, -0.1) is 0 Å². The highest BCUT2D eigenvalue weighted by Gasteiger charge is 2.12. The van der Waals surface area contributed by atoms with Crippen LogP contribution in [-0.2, 0) is 17.9 Å². The first kappa shape index (κ1) is 18.1. The van der Waals surface area contributed by atoms with E-state index in [0.29, 0.717) is 24.3 Å². The van der Waals surface area contributed by atoms with Crippen LogP contribution < -0.4 is 5.32 Å². The summed E-state index contributed by atoms with van der Waals surface area (Å²) in [6, 6.07) is 9.92. The fourth-order valence-electron chi connectivity index (χ4n) is 2.74. The van der Waals surface area contributed by atoms with Crippen molar-refractivity contribution in [3.8, 4) is 11.4 Å². The molecule has 0 saturated heterocycles. The van der Waals surface area contributed by atoms with Gasteiger partial charge in [-0.1, -0.05) is 29.8 Å². The van der Waals surface area contributed by atoms with Crippen LogP contribution in [0.1, 0.15) is 18.9 Å². The van der Waals surface area contributed by atoms with Crippen LogP contribution in [-0.4, -0.2) is 36.5 Å². The second kappa shape index (κ2) is 8.09. The van der Waals surface area contributed by atoms with Crippen LogP contribution in [0, 0.1) is 11.7 Å². The molecule has 3 rings (SSSR count). The molecule has 1 atom stereocenters. The topological polar surface area (TPSA) is 80.5 Å². The van der Waals surface area contributed by atoms with Crippen molar-refractivity contribution < 1.29 is 4.79 Å². The van der Waals surface area contributed by atoms with Crippen LogP contribution in [0.4, 0.5) is 0 Å². The van der Waals surface area contributed by atoms with E-state index in [1.165, 1.54) is 5.56 Å². The lowest BCUT2D eigenvalue weighted by Crippen LogP contribution is -2.36. The molecule has 7 nitrogen and oxygen atoms in total. The van der Waals surface area contributed by atoms with Crippen LogP contribution in [0.15, 0.2) is 42.7 Å². The van der Waals surface area contributed by atoms with Crippen LogP contribution in [0.2, 0.25) is 0 Å². The number of carbonyl (C=O) groups excluding carboxylic acids is 1. The molecule has 136 valence electrons. The van der Waals surface area contributed by atoms with Gasteiger partial charge in [0.1, 0.15) is 0 Å². The van der Waals surface area contributed by atoms with Gasteiger partial charge >= 0.3 is 0 Å². The SMILES string of the molecule is Cc1ccc(-c2n[nH]c(=S)n2CCC(=O)NC(C)Cn2cccn2)cc1. The summed E-state index contributed by atoms with van der Waals surface area (Å²) in [5.74, 6) is 0.718. The molecule has 0 aliphatic rings. The number of nitrogens with zero attached hydrogens (tertiary/aromatic N) is 4. The Kier molecular flexibility index (Phi) is 5.62. The lowest BCUT2D eigenvalue weighted by atomic mass is 10.1. The highest BCUT2D eigenvalue weighted by atomic mass is 32.1. The largest absolute Gasteiger partial charge is 0.352 e. The van der Waals surface area contributed by atoms with Crippen LogP contribution >= 0.6 is 12.2 Å². The Hall–Kier alpha value is -2.74. The predicted octanol–water partition coefficient (Wildman–Crippen LogP) is 2.71. The van der Waals surface area contributed by atoms with E-state index in [-0.39, 0.29) is 11.9 Å². The first-order valence-electron chi connectivity index (χ1n) is 8.52. The van der Waals surface area contributed by atoms with Gasteiger partial charge in [0.2, 0.25) is 5.91 Å². The Morgan fingerprint density at radius 3 is 2.81 bits per heavy atom. The number of rotatable bonds is 7. The number of aryl methyl sites for hydroxylation is 1. The Bertz CT molecular complexity index is 910. The fraction of sp³-hybridized carbons (Fsp3) is 0.333. The van der Waals surface area contributed by atoms with Gasteiger partial charge in [0.15, 0.2) is 10.6 Å². The third-order valence-corrected chi connectivity index (χ3v) is 4.37. The minimum Gasteiger partial charge on any atom is -0.352 e. The summed E-state index contributed by atoms with van der Waals surface area (Å²) in [7, 11) is 0. The van der Waals surface area contributed by atoms with E-state index >= 15 is 0 Å². The van der Waals surface area contributed by atoms with Gasteiger partial charge in [-0.25, -0.2) is 0 Å². The van der Waals surface area contributed by atoms with E-state index in [2.05, 4.69) is 20.6 Å². The summed E-state index contributed by atoms with van der Waals surface area (Å²) in [5.41, 5.74) is 2.15. The van der Waals surface area contributed by atoms with E-state index in [9.17, 15) is 4.79 Å². The van der Waals surface area contributed by atoms with Crippen LogP contribution in [0.5, 0.6) is 0 Å². The van der Waals surface area contributed by atoms with Crippen molar-refractivity contribution in [1.29, 1.82) is 0 Å². The first-order valence-corrected chi connectivity index (χ1v) is 8.93. The molecule has 0 radical (unpaired) electrons. The molecule has 0 bridgehead atoms. The number of H-pyrrole nitrogens is 1. The molecular formula is C18H22N6OS.